The highest BCUT2D eigenvalue weighted by Gasteiger charge is 2.13. The molecule has 5 nitrogen and oxygen atoms in total. The van der Waals surface area contributed by atoms with Crippen LogP contribution in [0.4, 0.5) is 11.6 Å². The lowest BCUT2D eigenvalue weighted by Gasteiger charge is -2.13. The molecule has 2 rings (SSSR count). The van der Waals surface area contributed by atoms with Crippen LogP contribution in [0, 0.1) is 13.8 Å². The minimum atomic E-state index is -0.184. The summed E-state index contributed by atoms with van der Waals surface area (Å²) in [5, 5.41) is 6.07. The van der Waals surface area contributed by atoms with Crippen LogP contribution < -0.4 is 10.6 Å². The number of halogens is 1. The molecular formula is C17H21BrN4O. The highest BCUT2D eigenvalue weighted by atomic mass is 79.9. The number of amides is 1. The molecule has 2 N–H and O–H groups in total. The molecule has 1 heterocycles. The number of hydrogen-bond donors (Lipinski definition) is 2. The van der Waals surface area contributed by atoms with Crippen molar-refractivity contribution in [1.29, 1.82) is 0 Å². The molecule has 1 atom stereocenters. The third kappa shape index (κ3) is 4.76. The van der Waals surface area contributed by atoms with Crippen molar-refractivity contribution in [3.8, 4) is 0 Å². The van der Waals surface area contributed by atoms with Gasteiger partial charge in [0.1, 0.15) is 5.69 Å². The van der Waals surface area contributed by atoms with Crippen LogP contribution in [0.25, 0.3) is 0 Å². The Hall–Kier alpha value is -1.95. The van der Waals surface area contributed by atoms with Gasteiger partial charge < -0.3 is 10.6 Å². The summed E-state index contributed by atoms with van der Waals surface area (Å²) in [5.41, 5.74) is 3.11. The topological polar surface area (TPSA) is 66.9 Å². The lowest BCUT2D eigenvalue weighted by molar-refractivity contribution is 0.0934. The van der Waals surface area contributed by atoms with Gasteiger partial charge >= 0.3 is 0 Å². The summed E-state index contributed by atoms with van der Waals surface area (Å²) in [6.07, 6.45) is 0.872. The van der Waals surface area contributed by atoms with Crippen molar-refractivity contribution in [3.05, 3.63) is 45.7 Å². The van der Waals surface area contributed by atoms with Crippen LogP contribution in [0.3, 0.4) is 0 Å². The molecule has 1 unspecified atom stereocenters. The summed E-state index contributed by atoms with van der Waals surface area (Å²) in [6, 6.07) is 7.76. The number of anilines is 2. The van der Waals surface area contributed by atoms with Crippen molar-refractivity contribution in [3.63, 3.8) is 0 Å². The first-order valence-corrected chi connectivity index (χ1v) is 8.38. The quantitative estimate of drug-likeness (QED) is 0.822. The largest absolute Gasteiger partial charge is 0.348 e. The fraction of sp³-hybridized carbons (Fsp3) is 0.353. The maximum Gasteiger partial charge on any atom is 0.270 e. The van der Waals surface area contributed by atoms with Gasteiger partial charge in [-0.25, -0.2) is 9.97 Å². The van der Waals surface area contributed by atoms with Crippen LogP contribution in [0.5, 0.6) is 0 Å². The average molecular weight is 377 g/mol. The van der Waals surface area contributed by atoms with Gasteiger partial charge in [-0.15, -0.1) is 0 Å². The number of nitrogens with zero attached hydrogens (tertiary/aromatic N) is 2. The number of benzene rings is 1. The van der Waals surface area contributed by atoms with E-state index in [-0.39, 0.29) is 11.9 Å². The first-order chi connectivity index (χ1) is 10.9. The third-order valence-electron chi connectivity index (χ3n) is 3.45. The Kier molecular flexibility index (Phi) is 5.71. The van der Waals surface area contributed by atoms with Crippen molar-refractivity contribution < 1.29 is 4.79 Å². The lowest BCUT2D eigenvalue weighted by atomic mass is 10.2. The normalized spacial score (nSPS) is 11.9. The van der Waals surface area contributed by atoms with Crippen molar-refractivity contribution >= 4 is 33.5 Å². The predicted molar refractivity (Wildman–Crippen MR) is 96.1 cm³/mol. The molecule has 0 saturated heterocycles. The summed E-state index contributed by atoms with van der Waals surface area (Å²) in [5.74, 6) is 0.222. The van der Waals surface area contributed by atoms with Gasteiger partial charge in [0.2, 0.25) is 5.95 Å². The van der Waals surface area contributed by atoms with Crippen LogP contribution in [0.2, 0.25) is 0 Å². The molecule has 0 aliphatic rings. The summed E-state index contributed by atoms with van der Waals surface area (Å²) in [7, 11) is 0. The first kappa shape index (κ1) is 17.4. The Balaban J connectivity index is 2.24. The average Bonchev–Trinajstić information content (AvgIpc) is 2.49. The Bertz CT molecular complexity index is 718. The molecular weight excluding hydrogens is 356 g/mol. The summed E-state index contributed by atoms with van der Waals surface area (Å²) in [6.45, 7) is 7.86. The molecule has 0 radical (unpaired) electrons. The van der Waals surface area contributed by atoms with E-state index in [1.807, 2.05) is 45.9 Å². The predicted octanol–water partition coefficient (Wildman–Crippen LogP) is 4.13. The number of nitrogens with one attached hydrogen (secondary N) is 2. The molecule has 23 heavy (non-hydrogen) atoms. The molecule has 0 fully saturated rings. The van der Waals surface area contributed by atoms with Crippen LogP contribution in [0.1, 0.15) is 42.0 Å². The fourth-order valence-corrected chi connectivity index (χ4v) is 2.57. The molecule has 0 bridgehead atoms. The molecule has 1 amide bonds. The molecule has 0 saturated carbocycles. The summed E-state index contributed by atoms with van der Waals surface area (Å²) < 4.78 is 0.924. The van der Waals surface area contributed by atoms with Gasteiger partial charge in [0.05, 0.1) is 5.69 Å². The van der Waals surface area contributed by atoms with Gasteiger partial charge in [0.15, 0.2) is 0 Å². The van der Waals surface area contributed by atoms with E-state index in [9.17, 15) is 4.79 Å². The van der Waals surface area contributed by atoms with Crippen LogP contribution in [-0.4, -0.2) is 21.9 Å². The SMILES string of the molecule is CCC(C)NC(=O)c1cc(C)nc(Nc2ccc(C)cc2Br)n1. The van der Waals surface area contributed by atoms with E-state index < -0.39 is 0 Å². The monoisotopic (exact) mass is 376 g/mol. The van der Waals surface area contributed by atoms with Gasteiger partial charge in [-0.3, -0.25) is 4.79 Å². The Morgan fingerprint density at radius 2 is 2.00 bits per heavy atom. The molecule has 2 aromatic rings. The maximum atomic E-state index is 12.2. The second kappa shape index (κ2) is 7.55. The number of aromatic nitrogens is 2. The first-order valence-electron chi connectivity index (χ1n) is 7.58. The van der Waals surface area contributed by atoms with Crippen molar-refractivity contribution in [2.24, 2.45) is 0 Å². The molecule has 0 aliphatic carbocycles. The van der Waals surface area contributed by atoms with Crippen molar-refractivity contribution in [2.45, 2.75) is 40.2 Å². The van der Waals surface area contributed by atoms with E-state index in [4.69, 9.17) is 0 Å². The molecule has 0 spiro atoms. The highest BCUT2D eigenvalue weighted by Crippen LogP contribution is 2.25. The standard InChI is InChI=1S/C17H21BrN4O/c1-5-11(3)19-16(23)15-9-12(4)20-17(22-15)21-14-7-6-10(2)8-13(14)18/h6-9,11H,5H2,1-4H3,(H,19,23)(H,20,21,22). The van der Waals surface area contributed by atoms with Crippen LogP contribution in [-0.2, 0) is 0 Å². The minimum Gasteiger partial charge on any atom is -0.348 e. The number of rotatable bonds is 5. The molecule has 6 heteroatoms. The Morgan fingerprint density at radius 1 is 1.26 bits per heavy atom. The molecule has 1 aromatic heterocycles. The third-order valence-corrected chi connectivity index (χ3v) is 4.10. The Morgan fingerprint density at radius 3 is 2.65 bits per heavy atom. The van der Waals surface area contributed by atoms with Crippen LogP contribution >= 0.6 is 15.9 Å². The van der Waals surface area contributed by atoms with E-state index in [1.165, 1.54) is 0 Å². The van der Waals surface area contributed by atoms with Gasteiger partial charge in [-0.05, 0) is 66.9 Å². The van der Waals surface area contributed by atoms with E-state index in [0.717, 1.165) is 27.8 Å². The van der Waals surface area contributed by atoms with E-state index in [0.29, 0.717) is 11.6 Å². The Labute approximate surface area is 145 Å². The number of aryl methyl sites for hydroxylation is 2. The zero-order valence-corrected chi connectivity index (χ0v) is 15.4. The molecule has 1 aromatic carbocycles. The second-order valence-corrected chi connectivity index (χ2v) is 6.46. The molecule has 122 valence electrons. The summed E-state index contributed by atoms with van der Waals surface area (Å²) in [4.78, 5) is 20.9. The molecule has 0 aliphatic heterocycles. The second-order valence-electron chi connectivity index (χ2n) is 5.61. The minimum absolute atomic E-state index is 0.112. The number of carbonyl (C=O) groups is 1. The lowest BCUT2D eigenvalue weighted by Crippen LogP contribution is -2.32. The van der Waals surface area contributed by atoms with Crippen LogP contribution in [0.15, 0.2) is 28.7 Å². The van der Waals surface area contributed by atoms with Gasteiger partial charge in [-0.1, -0.05) is 13.0 Å². The zero-order valence-electron chi connectivity index (χ0n) is 13.8. The smallest absolute Gasteiger partial charge is 0.270 e. The van der Waals surface area contributed by atoms with E-state index in [2.05, 4.69) is 36.5 Å². The maximum absolute atomic E-state index is 12.2. The van der Waals surface area contributed by atoms with E-state index >= 15 is 0 Å². The van der Waals surface area contributed by atoms with Crippen molar-refractivity contribution in [2.75, 3.05) is 5.32 Å². The fourth-order valence-electron chi connectivity index (χ4n) is 1.98. The zero-order chi connectivity index (χ0) is 17.0. The number of hydrogen-bond acceptors (Lipinski definition) is 4. The highest BCUT2D eigenvalue weighted by molar-refractivity contribution is 9.10. The van der Waals surface area contributed by atoms with Gasteiger partial charge in [0, 0.05) is 16.2 Å². The van der Waals surface area contributed by atoms with Gasteiger partial charge in [-0.2, -0.15) is 0 Å². The summed E-state index contributed by atoms with van der Waals surface area (Å²) >= 11 is 3.52. The number of carbonyl (C=O) groups excluding carboxylic acids is 1. The van der Waals surface area contributed by atoms with Crippen molar-refractivity contribution in [1.82, 2.24) is 15.3 Å². The van der Waals surface area contributed by atoms with E-state index in [1.54, 1.807) is 6.07 Å². The van der Waals surface area contributed by atoms with Gasteiger partial charge in [0.25, 0.3) is 5.91 Å².